The zero-order valence-corrected chi connectivity index (χ0v) is 15.9. The predicted molar refractivity (Wildman–Crippen MR) is 99.8 cm³/mol. The van der Waals surface area contributed by atoms with Gasteiger partial charge in [0.15, 0.2) is 5.82 Å². The van der Waals surface area contributed by atoms with E-state index in [2.05, 4.69) is 4.98 Å². The van der Waals surface area contributed by atoms with Gasteiger partial charge in [0.25, 0.3) is 10.0 Å². The van der Waals surface area contributed by atoms with Gasteiger partial charge in [-0.2, -0.15) is 8.96 Å². The Morgan fingerprint density at radius 2 is 1.72 bits per heavy atom. The van der Waals surface area contributed by atoms with Gasteiger partial charge in [0, 0.05) is 0 Å². The highest BCUT2D eigenvalue weighted by molar-refractivity contribution is 7.90. The molecule has 0 bridgehead atoms. The Morgan fingerprint density at radius 1 is 1.07 bits per heavy atom. The molecule has 0 aliphatic heterocycles. The number of esters is 1. The molecule has 0 radical (unpaired) electrons. The van der Waals surface area contributed by atoms with E-state index in [-0.39, 0.29) is 14.6 Å². The number of ether oxygens (including phenoxy) is 2. The molecule has 10 heteroatoms. The summed E-state index contributed by atoms with van der Waals surface area (Å²) in [5, 5.41) is 0. The first-order chi connectivity index (χ1) is 13.8. The monoisotopic (exact) mass is 418 g/mol. The van der Waals surface area contributed by atoms with Gasteiger partial charge in [0.2, 0.25) is 0 Å². The molecule has 1 heterocycles. The number of hydrogen-bond acceptors (Lipinski definition) is 7. The second-order valence-electron chi connectivity index (χ2n) is 5.76. The van der Waals surface area contributed by atoms with E-state index in [0.29, 0.717) is 11.9 Å². The van der Waals surface area contributed by atoms with Crippen LogP contribution in [0.3, 0.4) is 0 Å². The van der Waals surface area contributed by atoms with Crippen molar-refractivity contribution in [1.82, 2.24) is 8.96 Å². The van der Waals surface area contributed by atoms with Crippen LogP contribution in [0.5, 0.6) is 11.5 Å². The summed E-state index contributed by atoms with van der Waals surface area (Å²) in [5.41, 5.74) is -1.76. The number of carbonyl (C=O) groups excluding carboxylic acids is 1. The summed E-state index contributed by atoms with van der Waals surface area (Å²) in [7, 11) is -2.97. The third-order valence-corrected chi connectivity index (χ3v) is 5.48. The van der Waals surface area contributed by atoms with E-state index in [1.165, 1.54) is 43.5 Å². The molecule has 150 valence electrons. The van der Waals surface area contributed by atoms with Gasteiger partial charge < -0.3 is 9.47 Å². The molecule has 0 saturated carbocycles. The van der Waals surface area contributed by atoms with Crippen molar-refractivity contribution < 1.29 is 27.1 Å². The highest BCUT2D eigenvalue weighted by atomic mass is 32.2. The van der Waals surface area contributed by atoms with Crippen LogP contribution in [0.15, 0.2) is 70.5 Å². The number of benzene rings is 2. The van der Waals surface area contributed by atoms with Crippen molar-refractivity contribution in [3.05, 3.63) is 82.8 Å². The Balaban J connectivity index is 1.86. The molecule has 3 rings (SSSR count). The third kappa shape index (κ3) is 4.49. The quantitative estimate of drug-likeness (QED) is 0.444. The summed E-state index contributed by atoms with van der Waals surface area (Å²) in [6, 6.07) is 13.3. The Kier molecular flexibility index (Phi) is 5.74. The lowest BCUT2D eigenvalue weighted by Crippen LogP contribution is -2.31. The van der Waals surface area contributed by atoms with Crippen molar-refractivity contribution in [2.24, 2.45) is 0 Å². The summed E-state index contributed by atoms with van der Waals surface area (Å²) in [6.07, 6.45) is -0.153. The fourth-order valence-corrected chi connectivity index (χ4v) is 3.59. The molecule has 0 atom stereocenters. The van der Waals surface area contributed by atoms with E-state index in [1.54, 1.807) is 18.2 Å². The number of rotatable bonds is 6. The van der Waals surface area contributed by atoms with E-state index < -0.39 is 39.6 Å². The lowest BCUT2D eigenvalue weighted by Gasteiger charge is -2.09. The molecule has 0 aliphatic carbocycles. The number of para-hydroxylation sites is 1. The first-order valence-electron chi connectivity index (χ1n) is 8.24. The second kappa shape index (κ2) is 8.23. The van der Waals surface area contributed by atoms with Crippen molar-refractivity contribution in [3.63, 3.8) is 0 Å². The summed E-state index contributed by atoms with van der Waals surface area (Å²) >= 11 is 0. The molecule has 0 saturated heterocycles. The van der Waals surface area contributed by atoms with Crippen LogP contribution in [-0.4, -0.2) is 30.5 Å². The van der Waals surface area contributed by atoms with E-state index in [0.717, 1.165) is 0 Å². The first kappa shape index (κ1) is 20.2. The van der Waals surface area contributed by atoms with Gasteiger partial charge in [-0.05, 0) is 36.4 Å². The van der Waals surface area contributed by atoms with Crippen molar-refractivity contribution in [3.8, 4) is 11.5 Å². The van der Waals surface area contributed by atoms with Gasteiger partial charge in [-0.3, -0.25) is 4.79 Å². The van der Waals surface area contributed by atoms with Crippen LogP contribution in [0.1, 0.15) is 5.69 Å². The van der Waals surface area contributed by atoms with E-state index >= 15 is 0 Å². The van der Waals surface area contributed by atoms with Gasteiger partial charge in [-0.1, -0.05) is 18.2 Å². The maximum Gasteiger partial charge on any atom is 0.362 e. The molecule has 29 heavy (non-hydrogen) atoms. The predicted octanol–water partition coefficient (Wildman–Crippen LogP) is 1.78. The summed E-state index contributed by atoms with van der Waals surface area (Å²) in [4.78, 5) is 27.3. The summed E-state index contributed by atoms with van der Waals surface area (Å²) < 4.78 is 49.7. The van der Waals surface area contributed by atoms with Gasteiger partial charge in [0.1, 0.15) is 11.5 Å². The average molecular weight is 418 g/mol. The lowest BCUT2D eigenvalue weighted by molar-refractivity contribution is -0.133. The largest absolute Gasteiger partial charge is 0.497 e. The first-order valence-corrected chi connectivity index (χ1v) is 9.68. The maximum absolute atomic E-state index is 14.4. The van der Waals surface area contributed by atoms with E-state index in [1.807, 2.05) is 0 Å². The Bertz CT molecular complexity index is 1190. The minimum Gasteiger partial charge on any atom is -0.497 e. The smallest absolute Gasteiger partial charge is 0.362 e. The highest BCUT2D eigenvalue weighted by Crippen LogP contribution is 2.18. The van der Waals surface area contributed by atoms with E-state index in [9.17, 15) is 22.4 Å². The minimum absolute atomic E-state index is 0.177. The summed E-state index contributed by atoms with van der Waals surface area (Å²) in [5.74, 6) is -1.33. The zero-order valence-electron chi connectivity index (χ0n) is 15.1. The average Bonchev–Trinajstić information content (AvgIpc) is 2.71. The van der Waals surface area contributed by atoms with Gasteiger partial charge in [-0.25, -0.2) is 17.6 Å². The SMILES string of the molecule is COc1ccc(S(=O)(=O)n2cc(F)c(CC(=O)Oc3ccccc3)nc2=O)cc1. The van der Waals surface area contributed by atoms with Crippen LogP contribution in [0.4, 0.5) is 4.39 Å². The van der Waals surface area contributed by atoms with Crippen LogP contribution < -0.4 is 15.2 Å². The highest BCUT2D eigenvalue weighted by Gasteiger charge is 2.22. The van der Waals surface area contributed by atoms with E-state index in [4.69, 9.17) is 9.47 Å². The van der Waals surface area contributed by atoms with Gasteiger partial charge in [0.05, 0.1) is 30.3 Å². The van der Waals surface area contributed by atoms with Crippen LogP contribution >= 0.6 is 0 Å². The fraction of sp³-hybridized carbons (Fsp3) is 0.105. The van der Waals surface area contributed by atoms with Gasteiger partial charge >= 0.3 is 11.7 Å². The molecule has 8 nitrogen and oxygen atoms in total. The van der Waals surface area contributed by atoms with Crippen molar-refractivity contribution in [2.75, 3.05) is 7.11 Å². The second-order valence-corrected chi connectivity index (χ2v) is 7.57. The fourth-order valence-electron chi connectivity index (χ4n) is 2.40. The Hall–Kier alpha value is -3.53. The van der Waals surface area contributed by atoms with Gasteiger partial charge in [-0.15, -0.1) is 0 Å². The summed E-state index contributed by atoms with van der Waals surface area (Å²) in [6.45, 7) is 0. The molecule has 2 aromatic carbocycles. The van der Waals surface area contributed by atoms with Crippen LogP contribution in [0.2, 0.25) is 0 Å². The van der Waals surface area contributed by atoms with Crippen molar-refractivity contribution in [2.45, 2.75) is 11.3 Å². The maximum atomic E-state index is 14.4. The zero-order chi connectivity index (χ0) is 21.0. The molecule has 0 aliphatic rings. The molecule has 0 fully saturated rings. The molecular weight excluding hydrogens is 403 g/mol. The Labute approximate surface area is 165 Å². The molecule has 0 N–H and O–H groups in total. The number of nitrogens with zero attached hydrogens (tertiary/aromatic N) is 2. The third-order valence-electron chi connectivity index (χ3n) is 3.83. The lowest BCUT2D eigenvalue weighted by atomic mass is 10.3. The number of methoxy groups -OCH3 is 1. The molecular formula is C19H15FN2O6S. The number of aromatic nitrogens is 2. The molecule has 1 aromatic heterocycles. The molecule has 3 aromatic rings. The topological polar surface area (TPSA) is 105 Å². The number of hydrogen-bond donors (Lipinski definition) is 0. The van der Waals surface area contributed by atoms with Crippen molar-refractivity contribution in [1.29, 1.82) is 0 Å². The normalized spacial score (nSPS) is 11.1. The van der Waals surface area contributed by atoms with Crippen LogP contribution in [0.25, 0.3) is 0 Å². The minimum atomic E-state index is -4.38. The Morgan fingerprint density at radius 3 is 2.34 bits per heavy atom. The van der Waals surface area contributed by atoms with Crippen LogP contribution in [-0.2, 0) is 21.2 Å². The number of carbonyl (C=O) groups is 1. The number of halogens is 1. The molecule has 0 spiro atoms. The standard InChI is InChI=1S/C19H15FN2O6S/c1-27-13-7-9-15(10-8-13)29(25,26)22-12-16(20)17(21-19(22)24)11-18(23)28-14-5-3-2-4-6-14/h2-10,12H,11H2,1H3. The van der Waals surface area contributed by atoms with Crippen LogP contribution in [0, 0.1) is 5.82 Å². The van der Waals surface area contributed by atoms with Crippen molar-refractivity contribution >= 4 is 16.0 Å². The molecule has 0 amide bonds. The molecule has 0 unspecified atom stereocenters.